The van der Waals surface area contributed by atoms with Crippen molar-refractivity contribution < 1.29 is 21.6 Å². The molecule has 0 spiro atoms. The van der Waals surface area contributed by atoms with Gasteiger partial charge in [0, 0.05) is 6.20 Å². The van der Waals surface area contributed by atoms with Crippen LogP contribution in [0.1, 0.15) is 5.56 Å². The smallest absolute Gasteiger partial charge is 0.253 e. The second kappa shape index (κ2) is 4.65. The average Bonchev–Trinajstić information content (AvgIpc) is 2.39. The summed E-state index contributed by atoms with van der Waals surface area (Å²) in [5, 5.41) is 0. The zero-order chi connectivity index (χ0) is 14.1. The van der Waals surface area contributed by atoms with E-state index in [0.29, 0.717) is 6.07 Å². The fraction of sp³-hybridized carbons (Fsp3) is 0.0833. The van der Waals surface area contributed by atoms with Crippen LogP contribution in [0.5, 0.6) is 0 Å². The average molecular weight is 286 g/mol. The number of halogens is 3. The van der Waals surface area contributed by atoms with Crippen LogP contribution in [0.15, 0.2) is 52.4 Å². The van der Waals surface area contributed by atoms with Gasteiger partial charge < -0.3 is 0 Å². The molecule has 1 aromatic carbocycles. The van der Waals surface area contributed by atoms with Gasteiger partial charge in [0.25, 0.3) is 0 Å². The van der Waals surface area contributed by atoms with Crippen LogP contribution in [0.25, 0.3) is 0 Å². The number of pyridine rings is 1. The Morgan fingerprint density at radius 3 is 2.42 bits per heavy atom. The molecule has 0 aliphatic carbocycles. The fourth-order valence-electron chi connectivity index (χ4n) is 1.44. The van der Waals surface area contributed by atoms with Crippen molar-refractivity contribution >= 4 is 9.84 Å². The molecule has 0 saturated heterocycles. The molecule has 3 nitrogen and oxygen atoms in total. The van der Waals surface area contributed by atoms with Crippen LogP contribution in [0, 0.1) is 6.20 Å². The fourth-order valence-corrected chi connectivity index (χ4v) is 2.69. The van der Waals surface area contributed by atoms with Gasteiger partial charge in [-0.2, -0.15) is 13.2 Å². The second-order valence-electron chi connectivity index (χ2n) is 3.65. The predicted molar refractivity (Wildman–Crippen MR) is 60.0 cm³/mol. The summed E-state index contributed by atoms with van der Waals surface area (Å²) in [7, 11) is -4.00. The van der Waals surface area contributed by atoms with Crippen molar-refractivity contribution in [3.05, 3.63) is 54.4 Å². The summed E-state index contributed by atoms with van der Waals surface area (Å²) in [6.07, 6.45) is -1.15. The van der Waals surface area contributed by atoms with E-state index >= 15 is 0 Å². The molecular weight excluding hydrogens is 279 g/mol. The van der Waals surface area contributed by atoms with E-state index in [0.717, 1.165) is 24.4 Å². The van der Waals surface area contributed by atoms with Gasteiger partial charge in [-0.25, -0.2) is 8.42 Å². The van der Waals surface area contributed by atoms with Gasteiger partial charge in [0.05, 0.1) is 21.6 Å². The van der Waals surface area contributed by atoms with E-state index in [1.807, 2.05) is 0 Å². The Balaban J connectivity index is 2.54. The highest BCUT2D eigenvalue weighted by molar-refractivity contribution is 7.91. The van der Waals surface area contributed by atoms with Crippen molar-refractivity contribution in [3.63, 3.8) is 0 Å². The standard InChI is InChI=1S/C12H7F3NO2S/c13-12(14,15)9-3-1-4-10(7-9)19(17,18)11-5-2-6-16-8-11/h1-5,7-8H. The SMILES string of the molecule is O=S(=O)(c1cc[c]nc1)c1cccc(C(F)(F)F)c1. The minimum Gasteiger partial charge on any atom is -0.253 e. The number of sulfone groups is 1. The minimum absolute atomic E-state index is 0.175. The molecule has 19 heavy (non-hydrogen) atoms. The van der Waals surface area contributed by atoms with Crippen molar-refractivity contribution in [1.82, 2.24) is 4.98 Å². The Labute approximate surface area is 107 Å². The minimum atomic E-state index is -4.59. The molecule has 7 heteroatoms. The second-order valence-corrected chi connectivity index (χ2v) is 5.60. The van der Waals surface area contributed by atoms with Gasteiger partial charge in [-0.15, -0.1) is 0 Å². The molecule has 0 N–H and O–H groups in total. The predicted octanol–water partition coefficient (Wildman–Crippen LogP) is 2.73. The molecule has 0 unspecified atom stereocenters. The van der Waals surface area contributed by atoms with Crippen LogP contribution in [-0.4, -0.2) is 13.4 Å². The van der Waals surface area contributed by atoms with Crippen LogP contribution in [0.4, 0.5) is 13.2 Å². The van der Waals surface area contributed by atoms with Crippen molar-refractivity contribution in [2.75, 3.05) is 0 Å². The molecule has 2 rings (SSSR count). The molecule has 0 aliphatic heterocycles. The lowest BCUT2D eigenvalue weighted by Crippen LogP contribution is -2.08. The Morgan fingerprint density at radius 2 is 1.84 bits per heavy atom. The highest BCUT2D eigenvalue weighted by Crippen LogP contribution is 2.31. The number of benzene rings is 1. The van der Waals surface area contributed by atoms with E-state index in [9.17, 15) is 21.6 Å². The van der Waals surface area contributed by atoms with E-state index < -0.39 is 26.5 Å². The Hall–Kier alpha value is -1.89. The molecule has 0 saturated carbocycles. The first kappa shape index (κ1) is 13.5. The maximum absolute atomic E-state index is 12.5. The lowest BCUT2D eigenvalue weighted by Gasteiger charge is -2.09. The Kier molecular flexibility index (Phi) is 3.32. The first-order valence-corrected chi connectivity index (χ1v) is 6.54. The molecule has 1 aromatic heterocycles. The van der Waals surface area contributed by atoms with Crippen molar-refractivity contribution in [2.24, 2.45) is 0 Å². The first-order chi connectivity index (χ1) is 8.82. The van der Waals surface area contributed by atoms with E-state index in [-0.39, 0.29) is 4.90 Å². The lowest BCUT2D eigenvalue weighted by atomic mass is 10.2. The van der Waals surface area contributed by atoms with Gasteiger partial charge in [0.15, 0.2) is 0 Å². The molecule has 1 heterocycles. The van der Waals surface area contributed by atoms with Gasteiger partial charge in [-0.1, -0.05) is 6.07 Å². The number of hydrogen-bond acceptors (Lipinski definition) is 3. The van der Waals surface area contributed by atoms with Crippen LogP contribution in [-0.2, 0) is 16.0 Å². The number of aromatic nitrogens is 1. The zero-order valence-corrected chi connectivity index (χ0v) is 10.2. The molecule has 2 aromatic rings. The number of nitrogens with zero attached hydrogens (tertiary/aromatic N) is 1. The van der Waals surface area contributed by atoms with Gasteiger partial charge in [-0.05, 0) is 30.3 Å². The molecule has 0 atom stereocenters. The van der Waals surface area contributed by atoms with Crippen LogP contribution in [0.2, 0.25) is 0 Å². The van der Waals surface area contributed by atoms with Gasteiger partial charge in [0.2, 0.25) is 9.84 Å². The normalized spacial score (nSPS) is 12.4. The maximum atomic E-state index is 12.5. The molecule has 0 aliphatic rings. The zero-order valence-electron chi connectivity index (χ0n) is 9.35. The highest BCUT2D eigenvalue weighted by atomic mass is 32.2. The summed E-state index contributed by atoms with van der Waals surface area (Å²) in [5.74, 6) is 0. The van der Waals surface area contributed by atoms with Gasteiger partial charge in [0.1, 0.15) is 0 Å². The summed E-state index contributed by atoms with van der Waals surface area (Å²) in [5.41, 5.74) is -1.01. The maximum Gasteiger partial charge on any atom is 0.416 e. The van der Waals surface area contributed by atoms with E-state index in [2.05, 4.69) is 11.2 Å². The van der Waals surface area contributed by atoms with Crippen LogP contribution in [0.3, 0.4) is 0 Å². The highest BCUT2D eigenvalue weighted by Gasteiger charge is 2.31. The summed E-state index contributed by atoms with van der Waals surface area (Å²) in [6, 6.07) is 6.09. The lowest BCUT2D eigenvalue weighted by molar-refractivity contribution is -0.137. The quantitative estimate of drug-likeness (QED) is 0.852. The van der Waals surface area contributed by atoms with E-state index in [1.165, 1.54) is 12.1 Å². The monoisotopic (exact) mass is 286 g/mol. The Morgan fingerprint density at radius 1 is 1.11 bits per heavy atom. The Bertz CT molecular complexity index is 682. The summed E-state index contributed by atoms with van der Waals surface area (Å²) < 4.78 is 61.8. The molecular formula is C12H7F3NO2S. The van der Waals surface area contributed by atoms with E-state index in [1.54, 1.807) is 0 Å². The van der Waals surface area contributed by atoms with Crippen molar-refractivity contribution in [1.29, 1.82) is 0 Å². The topological polar surface area (TPSA) is 47.0 Å². The van der Waals surface area contributed by atoms with Crippen LogP contribution >= 0.6 is 0 Å². The van der Waals surface area contributed by atoms with Crippen molar-refractivity contribution in [2.45, 2.75) is 16.0 Å². The molecule has 99 valence electrons. The first-order valence-electron chi connectivity index (χ1n) is 5.06. The van der Waals surface area contributed by atoms with E-state index in [4.69, 9.17) is 0 Å². The molecule has 0 fully saturated rings. The summed E-state index contributed by atoms with van der Waals surface area (Å²) in [4.78, 5) is 2.92. The molecule has 0 amide bonds. The number of rotatable bonds is 2. The van der Waals surface area contributed by atoms with Gasteiger partial charge in [-0.3, -0.25) is 4.98 Å². The summed E-state index contributed by atoms with van der Waals surface area (Å²) in [6.45, 7) is 0. The third-order valence-corrected chi connectivity index (χ3v) is 4.11. The molecule has 1 radical (unpaired) electrons. The van der Waals surface area contributed by atoms with Crippen LogP contribution < -0.4 is 0 Å². The number of alkyl halides is 3. The third-order valence-electron chi connectivity index (χ3n) is 2.37. The van der Waals surface area contributed by atoms with Gasteiger partial charge >= 0.3 is 6.18 Å². The molecule has 0 bridgehead atoms. The third kappa shape index (κ3) is 2.76. The largest absolute Gasteiger partial charge is 0.416 e. The van der Waals surface area contributed by atoms with Crippen molar-refractivity contribution in [3.8, 4) is 0 Å². The summed E-state index contributed by atoms with van der Waals surface area (Å²) >= 11 is 0. The number of hydrogen-bond donors (Lipinski definition) is 0.